The first-order valence-electron chi connectivity index (χ1n) is 8.19. The summed E-state index contributed by atoms with van der Waals surface area (Å²) >= 11 is 0. The third-order valence-corrected chi connectivity index (χ3v) is 4.30. The van der Waals surface area contributed by atoms with Crippen LogP contribution in [0, 0.1) is 5.92 Å². The maximum atomic E-state index is 12.3. The van der Waals surface area contributed by atoms with Crippen molar-refractivity contribution < 1.29 is 22.6 Å². The van der Waals surface area contributed by atoms with Gasteiger partial charge in [0, 0.05) is 24.9 Å². The Hall–Kier alpha value is -2.05. The van der Waals surface area contributed by atoms with Gasteiger partial charge in [-0.1, -0.05) is 42.5 Å². The fraction of sp³-hybridized carbons (Fsp3) is 0.368. The molecule has 0 aromatic heterocycles. The lowest BCUT2D eigenvalue weighted by atomic mass is 9.89. The molecule has 2 atom stereocenters. The topological polar surface area (TPSA) is 30.5 Å². The summed E-state index contributed by atoms with van der Waals surface area (Å²) in [6, 6.07) is 16.2. The molecule has 0 radical (unpaired) electrons. The van der Waals surface area contributed by atoms with E-state index in [1.165, 1.54) is 23.8 Å². The van der Waals surface area contributed by atoms with Gasteiger partial charge in [0.2, 0.25) is 0 Å². The van der Waals surface area contributed by atoms with Crippen LogP contribution in [0.15, 0.2) is 54.6 Å². The second kappa shape index (κ2) is 7.89. The molecule has 0 aliphatic carbocycles. The number of nitrogens with one attached hydrogen (secondary N) is 1. The molecule has 1 fully saturated rings. The molecule has 1 saturated heterocycles. The average Bonchev–Trinajstić information content (AvgIpc) is 3.03. The maximum absolute atomic E-state index is 12.3. The van der Waals surface area contributed by atoms with E-state index in [9.17, 15) is 13.2 Å². The lowest BCUT2D eigenvalue weighted by molar-refractivity contribution is -0.274. The van der Waals surface area contributed by atoms with Crippen LogP contribution in [0.1, 0.15) is 17.0 Å². The second-order valence-electron chi connectivity index (χ2n) is 6.15. The molecule has 0 bridgehead atoms. The van der Waals surface area contributed by atoms with Crippen LogP contribution in [0.25, 0.3) is 0 Å². The normalized spacial score (nSPS) is 20.6. The van der Waals surface area contributed by atoms with Gasteiger partial charge in [0.25, 0.3) is 0 Å². The average molecular weight is 351 g/mol. The van der Waals surface area contributed by atoms with E-state index < -0.39 is 6.36 Å². The molecule has 0 spiro atoms. The Kier molecular flexibility index (Phi) is 5.60. The quantitative estimate of drug-likeness (QED) is 0.850. The monoisotopic (exact) mass is 351 g/mol. The van der Waals surface area contributed by atoms with E-state index in [2.05, 4.69) is 22.2 Å². The van der Waals surface area contributed by atoms with Crippen LogP contribution in [-0.2, 0) is 11.3 Å². The van der Waals surface area contributed by atoms with Gasteiger partial charge in [-0.15, -0.1) is 13.2 Å². The summed E-state index contributed by atoms with van der Waals surface area (Å²) in [5.41, 5.74) is 1.94. The summed E-state index contributed by atoms with van der Waals surface area (Å²) in [6.45, 7) is 2.59. The highest BCUT2D eigenvalue weighted by Gasteiger charge is 2.31. The number of ether oxygens (including phenoxy) is 2. The number of alkyl halides is 3. The van der Waals surface area contributed by atoms with E-state index in [-0.39, 0.29) is 12.4 Å². The zero-order chi connectivity index (χ0) is 17.7. The first kappa shape index (κ1) is 17.8. The molecule has 0 saturated carbocycles. The van der Waals surface area contributed by atoms with Crippen molar-refractivity contribution in [1.82, 2.24) is 5.32 Å². The summed E-state index contributed by atoms with van der Waals surface area (Å²) < 4.78 is 46.5. The molecular formula is C19H20F3NO2. The van der Waals surface area contributed by atoms with Gasteiger partial charge < -0.3 is 14.8 Å². The highest BCUT2D eigenvalue weighted by molar-refractivity contribution is 5.28. The van der Waals surface area contributed by atoms with Crippen LogP contribution in [0.3, 0.4) is 0 Å². The zero-order valence-corrected chi connectivity index (χ0v) is 13.6. The molecule has 0 unspecified atom stereocenters. The molecule has 0 amide bonds. The van der Waals surface area contributed by atoms with Crippen molar-refractivity contribution in [1.29, 1.82) is 0 Å². The highest BCUT2D eigenvalue weighted by atomic mass is 19.4. The van der Waals surface area contributed by atoms with Crippen LogP contribution in [0.2, 0.25) is 0 Å². The first-order chi connectivity index (χ1) is 12.0. The zero-order valence-electron chi connectivity index (χ0n) is 13.6. The van der Waals surface area contributed by atoms with Crippen molar-refractivity contribution in [3.63, 3.8) is 0 Å². The fourth-order valence-electron chi connectivity index (χ4n) is 3.16. The van der Waals surface area contributed by atoms with Gasteiger partial charge in [-0.3, -0.25) is 0 Å². The molecule has 2 aromatic rings. The maximum Gasteiger partial charge on any atom is 0.573 e. The number of benzene rings is 2. The molecule has 1 aliphatic rings. The van der Waals surface area contributed by atoms with Gasteiger partial charge >= 0.3 is 6.36 Å². The van der Waals surface area contributed by atoms with Gasteiger partial charge in [-0.25, -0.2) is 0 Å². The minimum Gasteiger partial charge on any atom is -0.406 e. The predicted molar refractivity (Wildman–Crippen MR) is 88.3 cm³/mol. The number of hydrogen-bond donors (Lipinski definition) is 1. The number of rotatable bonds is 6. The summed E-state index contributed by atoms with van der Waals surface area (Å²) in [4.78, 5) is 0. The Morgan fingerprint density at radius 2 is 1.80 bits per heavy atom. The van der Waals surface area contributed by atoms with Crippen molar-refractivity contribution in [3.8, 4) is 5.75 Å². The molecule has 134 valence electrons. The van der Waals surface area contributed by atoms with Crippen LogP contribution in [-0.4, -0.2) is 26.1 Å². The van der Waals surface area contributed by atoms with Gasteiger partial charge in [-0.05, 0) is 23.3 Å². The smallest absolute Gasteiger partial charge is 0.406 e. The summed E-state index contributed by atoms with van der Waals surface area (Å²) in [5.74, 6) is 0.511. The van der Waals surface area contributed by atoms with E-state index in [0.717, 1.165) is 13.1 Å². The van der Waals surface area contributed by atoms with E-state index in [1.54, 1.807) is 6.07 Å². The molecule has 3 nitrogen and oxygen atoms in total. The largest absolute Gasteiger partial charge is 0.573 e. The van der Waals surface area contributed by atoms with E-state index in [4.69, 9.17) is 4.74 Å². The minimum absolute atomic E-state index is 0.224. The van der Waals surface area contributed by atoms with Crippen LogP contribution >= 0.6 is 0 Å². The van der Waals surface area contributed by atoms with E-state index in [1.807, 2.05) is 18.2 Å². The van der Waals surface area contributed by atoms with E-state index >= 15 is 0 Å². The molecule has 1 heterocycles. The fourth-order valence-corrected chi connectivity index (χ4v) is 3.16. The van der Waals surface area contributed by atoms with Gasteiger partial charge in [0.1, 0.15) is 5.75 Å². The standard InChI is InChI=1S/C19H20F3NO2/c20-19(21,22)25-17-8-4-5-14(9-17)12-24-13-16-10-23-11-18(16)15-6-2-1-3-7-15/h1-9,16,18,23H,10-13H2/t16-,18+/m1/s1. The van der Waals surface area contributed by atoms with Crippen molar-refractivity contribution in [3.05, 3.63) is 65.7 Å². The third kappa shape index (κ3) is 5.21. The molecule has 3 rings (SSSR count). The molecule has 25 heavy (non-hydrogen) atoms. The highest BCUT2D eigenvalue weighted by Crippen LogP contribution is 2.28. The van der Waals surface area contributed by atoms with Crippen LogP contribution < -0.4 is 10.1 Å². The second-order valence-corrected chi connectivity index (χ2v) is 6.15. The van der Waals surface area contributed by atoms with Gasteiger partial charge in [0.15, 0.2) is 0 Å². The molecule has 2 aromatic carbocycles. The molecule has 1 aliphatic heterocycles. The minimum atomic E-state index is -4.68. The Morgan fingerprint density at radius 1 is 1.00 bits per heavy atom. The summed E-state index contributed by atoms with van der Waals surface area (Å²) in [6.07, 6.45) is -4.68. The lowest BCUT2D eigenvalue weighted by Gasteiger charge is -2.19. The van der Waals surface area contributed by atoms with Crippen LogP contribution in [0.4, 0.5) is 13.2 Å². The van der Waals surface area contributed by atoms with E-state index in [0.29, 0.717) is 24.0 Å². The van der Waals surface area contributed by atoms with Crippen molar-refractivity contribution in [2.45, 2.75) is 18.9 Å². The molecular weight excluding hydrogens is 331 g/mol. The van der Waals surface area contributed by atoms with Gasteiger partial charge in [-0.2, -0.15) is 0 Å². The Bertz CT molecular complexity index is 676. The lowest BCUT2D eigenvalue weighted by Crippen LogP contribution is -2.18. The summed E-state index contributed by atoms with van der Waals surface area (Å²) in [5, 5.41) is 3.38. The van der Waals surface area contributed by atoms with Crippen molar-refractivity contribution in [2.75, 3.05) is 19.7 Å². The number of halogens is 3. The molecule has 1 N–H and O–H groups in total. The first-order valence-corrected chi connectivity index (χ1v) is 8.19. The SMILES string of the molecule is FC(F)(F)Oc1cccc(COC[C@H]2CNC[C@H]2c2ccccc2)c1. The Labute approximate surface area is 144 Å². The Morgan fingerprint density at radius 3 is 2.56 bits per heavy atom. The third-order valence-electron chi connectivity index (χ3n) is 4.30. The number of hydrogen-bond acceptors (Lipinski definition) is 3. The van der Waals surface area contributed by atoms with Crippen molar-refractivity contribution in [2.24, 2.45) is 5.92 Å². The summed E-state index contributed by atoms with van der Waals surface area (Å²) in [7, 11) is 0. The van der Waals surface area contributed by atoms with Gasteiger partial charge in [0.05, 0.1) is 13.2 Å². The van der Waals surface area contributed by atoms with Crippen molar-refractivity contribution >= 4 is 0 Å². The predicted octanol–water partition coefficient (Wildman–Crippen LogP) is 4.11. The van der Waals surface area contributed by atoms with Crippen LogP contribution in [0.5, 0.6) is 5.75 Å². The molecule has 6 heteroatoms. The Balaban J connectivity index is 1.53.